The first-order valence-electron chi connectivity index (χ1n) is 9.89. The van der Waals surface area contributed by atoms with Crippen molar-refractivity contribution in [1.82, 2.24) is 0 Å². The maximum atomic E-state index is 11.4. The van der Waals surface area contributed by atoms with Crippen LogP contribution < -0.4 is 0 Å². The van der Waals surface area contributed by atoms with E-state index in [1.165, 1.54) is 14.0 Å². The average Bonchev–Trinajstić information content (AvgIpc) is 3.06. The van der Waals surface area contributed by atoms with Crippen molar-refractivity contribution in [2.75, 3.05) is 13.7 Å². The summed E-state index contributed by atoms with van der Waals surface area (Å²) in [6, 6.07) is 19.5. The highest BCUT2D eigenvalue weighted by Gasteiger charge is 2.50. The summed E-state index contributed by atoms with van der Waals surface area (Å²) in [5, 5.41) is 10.3. The zero-order chi connectivity index (χ0) is 21.3. The van der Waals surface area contributed by atoms with E-state index in [4.69, 9.17) is 23.7 Å². The minimum absolute atomic E-state index is 0.214. The minimum Gasteiger partial charge on any atom is -0.454 e. The van der Waals surface area contributed by atoms with Crippen LogP contribution >= 0.6 is 0 Å². The lowest BCUT2D eigenvalue weighted by molar-refractivity contribution is -0.179. The van der Waals surface area contributed by atoms with Crippen LogP contribution in [0.4, 0.5) is 0 Å². The molecule has 0 aliphatic carbocycles. The van der Waals surface area contributed by atoms with Crippen LogP contribution in [-0.4, -0.2) is 55.5 Å². The Hall–Kier alpha value is -2.29. The van der Waals surface area contributed by atoms with Crippen LogP contribution in [0.25, 0.3) is 0 Å². The van der Waals surface area contributed by atoms with Gasteiger partial charge in [-0.05, 0) is 11.1 Å². The van der Waals surface area contributed by atoms with Crippen molar-refractivity contribution in [3.8, 4) is 0 Å². The van der Waals surface area contributed by atoms with Crippen molar-refractivity contribution >= 4 is 5.97 Å². The molecule has 0 aromatic heterocycles. The van der Waals surface area contributed by atoms with Crippen LogP contribution in [-0.2, 0) is 41.7 Å². The fourth-order valence-electron chi connectivity index (χ4n) is 3.43. The van der Waals surface area contributed by atoms with Gasteiger partial charge in [0, 0.05) is 14.0 Å². The predicted molar refractivity (Wildman–Crippen MR) is 108 cm³/mol. The Morgan fingerprint density at radius 1 is 1.00 bits per heavy atom. The van der Waals surface area contributed by atoms with E-state index in [0.29, 0.717) is 13.2 Å². The molecular formula is C23H28O7. The molecule has 1 N–H and O–H groups in total. The average molecular weight is 416 g/mol. The Morgan fingerprint density at radius 2 is 1.60 bits per heavy atom. The monoisotopic (exact) mass is 416 g/mol. The van der Waals surface area contributed by atoms with E-state index >= 15 is 0 Å². The molecule has 1 heterocycles. The first-order valence-corrected chi connectivity index (χ1v) is 9.89. The molecule has 7 heteroatoms. The molecule has 1 saturated heterocycles. The van der Waals surface area contributed by atoms with E-state index in [0.717, 1.165) is 11.1 Å². The highest BCUT2D eigenvalue weighted by Crippen LogP contribution is 2.29. The third-order valence-corrected chi connectivity index (χ3v) is 4.87. The molecule has 1 unspecified atom stereocenters. The van der Waals surface area contributed by atoms with E-state index in [-0.39, 0.29) is 6.61 Å². The van der Waals surface area contributed by atoms with Crippen molar-refractivity contribution in [3.63, 3.8) is 0 Å². The second-order valence-corrected chi connectivity index (χ2v) is 7.10. The second-order valence-electron chi connectivity index (χ2n) is 7.10. The summed E-state index contributed by atoms with van der Waals surface area (Å²) in [5.41, 5.74) is 2.03. The topological polar surface area (TPSA) is 83.5 Å². The SMILES string of the molecule is CO[C@H]1[C@@H]([C@@H](COCc2ccccc2)OCc2ccccc2)OC(O)[C@@H]1OC(C)=O. The number of carbonyl (C=O) groups excluding carboxylic acids is 1. The molecule has 1 aliphatic heterocycles. The van der Waals surface area contributed by atoms with Crippen LogP contribution in [0.3, 0.4) is 0 Å². The van der Waals surface area contributed by atoms with Crippen molar-refractivity contribution in [2.45, 2.75) is 50.8 Å². The zero-order valence-corrected chi connectivity index (χ0v) is 17.2. The molecule has 30 heavy (non-hydrogen) atoms. The number of hydrogen-bond donors (Lipinski definition) is 1. The van der Waals surface area contributed by atoms with Crippen LogP contribution in [0.1, 0.15) is 18.1 Å². The quantitative estimate of drug-likeness (QED) is 0.596. The predicted octanol–water partition coefficient (Wildman–Crippen LogP) is 2.45. The maximum absolute atomic E-state index is 11.4. The van der Waals surface area contributed by atoms with E-state index in [1.54, 1.807) is 0 Å². The molecule has 0 spiro atoms. The fourth-order valence-corrected chi connectivity index (χ4v) is 3.43. The molecule has 7 nitrogen and oxygen atoms in total. The highest BCUT2D eigenvalue weighted by molar-refractivity contribution is 5.66. The molecule has 162 valence electrons. The Bertz CT molecular complexity index is 768. The van der Waals surface area contributed by atoms with Crippen molar-refractivity contribution in [3.05, 3.63) is 71.8 Å². The van der Waals surface area contributed by atoms with Gasteiger partial charge in [-0.3, -0.25) is 4.79 Å². The molecule has 1 aliphatic rings. The van der Waals surface area contributed by atoms with E-state index in [2.05, 4.69) is 0 Å². The number of rotatable bonds is 10. The third-order valence-electron chi connectivity index (χ3n) is 4.87. The van der Waals surface area contributed by atoms with Gasteiger partial charge in [-0.2, -0.15) is 0 Å². The number of aliphatic hydroxyl groups excluding tert-OH is 1. The van der Waals surface area contributed by atoms with E-state index in [1.807, 2.05) is 60.7 Å². The summed E-state index contributed by atoms with van der Waals surface area (Å²) < 4.78 is 28.4. The number of methoxy groups -OCH3 is 1. The van der Waals surface area contributed by atoms with E-state index in [9.17, 15) is 9.90 Å². The lowest BCUT2D eigenvalue weighted by Crippen LogP contribution is -2.44. The van der Waals surface area contributed by atoms with Crippen molar-refractivity contribution < 1.29 is 33.6 Å². The second kappa shape index (κ2) is 11.2. The van der Waals surface area contributed by atoms with Gasteiger partial charge in [0.05, 0.1) is 19.8 Å². The van der Waals surface area contributed by atoms with Crippen molar-refractivity contribution in [2.24, 2.45) is 0 Å². The number of aliphatic hydroxyl groups is 1. The summed E-state index contributed by atoms with van der Waals surface area (Å²) in [4.78, 5) is 11.4. The molecule has 0 bridgehead atoms. The van der Waals surface area contributed by atoms with Crippen LogP contribution in [0.15, 0.2) is 60.7 Å². The molecule has 0 amide bonds. The molecular weight excluding hydrogens is 388 g/mol. The summed E-state index contributed by atoms with van der Waals surface area (Å²) in [6.07, 6.45) is -4.15. The van der Waals surface area contributed by atoms with Crippen molar-refractivity contribution in [1.29, 1.82) is 0 Å². The molecule has 1 fully saturated rings. The zero-order valence-electron chi connectivity index (χ0n) is 17.2. The van der Waals surface area contributed by atoms with Gasteiger partial charge in [0.25, 0.3) is 0 Å². The van der Waals surface area contributed by atoms with E-state index < -0.39 is 36.7 Å². The number of ether oxygens (including phenoxy) is 5. The molecule has 0 saturated carbocycles. The van der Waals surface area contributed by atoms with Gasteiger partial charge in [0.2, 0.25) is 0 Å². The van der Waals surface area contributed by atoms with Crippen LogP contribution in [0.2, 0.25) is 0 Å². The lowest BCUT2D eigenvalue weighted by atomic mass is 10.1. The normalized spacial score (nSPS) is 24.5. The molecule has 3 rings (SSSR count). The van der Waals surface area contributed by atoms with Gasteiger partial charge < -0.3 is 28.8 Å². The minimum atomic E-state index is -1.30. The number of hydrogen-bond acceptors (Lipinski definition) is 7. The standard InChI is InChI=1S/C23H28O7/c1-16(24)29-22-21(26-2)20(30-23(22)25)19(28-14-18-11-7-4-8-12-18)15-27-13-17-9-5-3-6-10-17/h3-12,19-23,25H,13-15H2,1-2H3/t19-,20-,21+,22-,23?/m1/s1. The van der Waals surface area contributed by atoms with Crippen LogP contribution in [0, 0.1) is 0 Å². The number of esters is 1. The Kier molecular flexibility index (Phi) is 8.36. The highest BCUT2D eigenvalue weighted by atomic mass is 16.7. The van der Waals surface area contributed by atoms with Crippen LogP contribution in [0.5, 0.6) is 0 Å². The first kappa shape index (κ1) is 22.4. The Balaban J connectivity index is 1.69. The van der Waals surface area contributed by atoms with Gasteiger partial charge in [-0.25, -0.2) is 0 Å². The smallest absolute Gasteiger partial charge is 0.303 e. The third kappa shape index (κ3) is 6.10. The lowest BCUT2D eigenvalue weighted by Gasteiger charge is -2.28. The fraction of sp³-hybridized carbons (Fsp3) is 0.435. The first-order chi connectivity index (χ1) is 14.6. The molecule has 0 radical (unpaired) electrons. The van der Waals surface area contributed by atoms with Gasteiger partial charge in [0.1, 0.15) is 18.3 Å². The number of benzene rings is 2. The summed E-state index contributed by atoms with van der Waals surface area (Å²) >= 11 is 0. The van der Waals surface area contributed by atoms with Gasteiger partial charge in [-0.1, -0.05) is 60.7 Å². The molecule has 2 aromatic carbocycles. The maximum Gasteiger partial charge on any atom is 0.303 e. The van der Waals surface area contributed by atoms with Gasteiger partial charge >= 0.3 is 5.97 Å². The molecule has 5 atom stereocenters. The number of carbonyl (C=O) groups is 1. The van der Waals surface area contributed by atoms with Gasteiger partial charge in [-0.15, -0.1) is 0 Å². The Morgan fingerprint density at radius 3 is 2.17 bits per heavy atom. The molecule has 2 aromatic rings. The Labute approximate surface area is 176 Å². The summed E-state index contributed by atoms with van der Waals surface area (Å²) in [6.45, 7) is 2.24. The summed E-state index contributed by atoms with van der Waals surface area (Å²) in [7, 11) is 1.48. The largest absolute Gasteiger partial charge is 0.454 e. The van der Waals surface area contributed by atoms with Gasteiger partial charge in [0.15, 0.2) is 12.4 Å². The summed E-state index contributed by atoms with van der Waals surface area (Å²) in [5.74, 6) is -0.521.